The van der Waals surface area contributed by atoms with E-state index >= 15 is 0 Å². The summed E-state index contributed by atoms with van der Waals surface area (Å²) in [6, 6.07) is -1.94. The van der Waals surface area contributed by atoms with Crippen LogP contribution in [0, 0.1) is 106 Å². The lowest BCUT2D eigenvalue weighted by molar-refractivity contribution is -0.144. The first-order valence-corrected chi connectivity index (χ1v) is 21.5. The fourth-order valence-electron chi connectivity index (χ4n) is 6.39. The molecular weight excluding hydrogens is 1160 g/mol. The second kappa shape index (κ2) is 22.3. The molecule has 0 fully saturated rings. The van der Waals surface area contributed by atoms with Crippen LogP contribution in [-0.2, 0) is 19.1 Å². The van der Waals surface area contributed by atoms with Gasteiger partial charge in [0, 0.05) is 0 Å². The number of nitrogens with zero attached hydrogens (tertiary/aromatic N) is 12. The molecule has 37 heteroatoms. The van der Waals surface area contributed by atoms with Crippen LogP contribution in [0.15, 0.2) is 17.7 Å². The van der Waals surface area contributed by atoms with Crippen LogP contribution in [0.3, 0.4) is 0 Å². The molecule has 0 bridgehead atoms. The lowest BCUT2D eigenvalue weighted by Gasteiger charge is -2.06. The van der Waals surface area contributed by atoms with Gasteiger partial charge in [0.2, 0.25) is 80.9 Å². The number of rotatable bonds is 9. The van der Waals surface area contributed by atoms with Crippen molar-refractivity contribution in [2.24, 2.45) is 0 Å². The highest BCUT2D eigenvalue weighted by molar-refractivity contribution is 6.28. The van der Waals surface area contributed by atoms with Gasteiger partial charge >= 0.3 is 24.5 Å². The minimum Gasteiger partial charge on any atom is -0.460 e. The van der Waals surface area contributed by atoms with Crippen molar-refractivity contribution in [3.05, 3.63) is 127 Å². The highest BCUT2D eigenvalue weighted by Gasteiger charge is 2.36. The van der Waals surface area contributed by atoms with Gasteiger partial charge in [0.25, 0.3) is 23.6 Å². The van der Waals surface area contributed by atoms with E-state index in [0.29, 0.717) is 6.61 Å². The van der Waals surface area contributed by atoms with Crippen LogP contribution in [0.4, 0.5) is 70.2 Å². The molecule has 0 aliphatic rings. The number of ether oxygens (including phenoxy) is 2. The van der Waals surface area contributed by atoms with Crippen molar-refractivity contribution < 1.29 is 107 Å². The zero-order valence-electron chi connectivity index (χ0n) is 38.8. The number of carbonyl (C=O) groups is 2. The minimum absolute atomic E-state index is 0.159. The Hall–Kier alpha value is -10.1. The fourth-order valence-corrected chi connectivity index (χ4v) is 6.55. The molecule has 1 unspecified atom stereocenters. The summed E-state index contributed by atoms with van der Waals surface area (Å²) in [7, 11) is 0. The normalized spacial score (nSPS) is 11.6. The van der Waals surface area contributed by atoms with Crippen molar-refractivity contribution in [2.45, 2.75) is 19.9 Å². The topological polar surface area (TPSA) is 243 Å². The first-order valence-electron chi connectivity index (χ1n) is 21.1. The predicted molar refractivity (Wildman–Crippen MR) is 230 cm³/mol. The third-order valence-electron chi connectivity index (χ3n) is 9.87. The Morgan fingerprint density at radius 1 is 0.432 bits per heavy atom. The molecule has 0 saturated heterocycles. The summed E-state index contributed by atoms with van der Waals surface area (Å²) >= 11 is 5.74. The summed E-state index contributed by atoms with van der Waals surface area (Å²) in [6.07, 6.45) is 0. The van der Waals surface area contributed by atoms with Gasteiger partial charge in [0.05, 0.1) is 13.2 Å². The fraction of sp³-hybridized carbons (Fsp3) is 0.136. The van der Waals surface area contributed by atoms with Crippen LogP contribution < -0.4 is 0 Å². The summed E-state index contributed by atoms with van der Waals surface area (Å²) < 4.78 is 250. The van der Waals surface area contributed by atoms with Crippen molar-refractivity contribution in [2.75, 3.05) is 19.8 Å². The quantitative estimate of drug-likeness (QED) is 0.0429. The van der Waals surface area contributed by atoms with Gasteiger partial charge in [-0.2, -0.15) is 47.5 Å². The first-order chi connectivity index (χ1) is 38.4. The van der Waals surface area contributed by atoms with E-state index in [9.17, 15) is 79.8 Å². The average Bonchev–Trinajstić information content (AvgIpc) is 4.31. The summed E-state index contributed by atoms with van der Waals surface area (Å²) in [4.78, 5) is 64.3. The number of hydrogen-bond acceptors (Lipinski definition) is 18. The number of benzene rings is 4. The predicted octanol–water partition coefficient (Wildman–Crippen LogP) is 10.8. The Bertz CT molecular complexity index is 3940. The summed E-state index contributed by atoms with van der Waals surface area (Å²) in [5.41, 5.74) is -9.02. The number of aromatic nitrogens is 10. The molecule has 10 aromatic rings. The molecule has 0 radical (unpaired) electrons. The van der Waals surface area contributed by atoms with E-state index in [1.165, 1.54) is 6.92 Å². The van der Waals surface area contributed by atoms with Gasteiger partial charge in [-0.25, -0.2) is 95.4 Å². The van der Waals surface area contributed by atoms with E-state index in [1.807, 2.05) is 0 Å². The van der Waals surface area contributed by atoms with Gasteiger partial charge in [0.15, 0.2) is 90.9 Å². The Balaban J connectivity index is 0.000000190. The molecule has 0 N–H and O–H groups in total. The van der Waals surface area contributed by atoms with Gasteiger partial charge in [0.1, 0.15) is 0 Å². The van der Waals surface area contributed by atoms with Crippen LogP contribution in [0.5, 0.6) is 0 Å². The SMILES string of the molecule is Fc1c(F)c(F)c2oc(-c3nc(Cl)nc(-c4nc5c(F)c(F)c(F)c(F)c5o4)n3)nc2c1F.[C-]#[N+]C(C(=O)OCC)c1nc(-c2nc3c(F)c(F)c(F)c(F)c3o2)nc(-c2nc3c(F)c(F)c(F)c(F)c3o2)n1.[C-]#[N+]CC(=O)OCC. The number of esters is 2. The molecular formula is C44H13ClF16N12O8. The molecule has 1 atom stereocenters. The van der Waals surface area contributed by atoms with Gasteiger partial charge < -0.3 is 32.0 Å². The Morgan fingerprint density at radius 2 is 0.716 bits per heavy atom. The van der Waals surface area contributed by atoms with Gasteiger partial charge in [-0.05, 0) is 25.4 Å². The van der Waals surface area contributed by atoms with Crippen LogP contribution in [0.2, 0.25) is 5.28 Å². The molecule has 81 heavy (non-hydrogen) atoms. The maximum atomic E-state index is 14.2. The maximum Gasteiger partial charge on any atom is 0.398 e. The van der Waals surface area contributed by atoms with Crippen molar-refractivity contribution >= 4 is 67.9 Å². The molecule has 0 saturated carbocycles. The van der Waals surface area contributed by atoms with Crippen LogP contribution in [0.1, 0.15) is 25.7 Å². The standard InChI is InChI=1S/C22H6F8N6O4.C17ClF8N5O2.C5H7NO2/c1-3-38-22(37)14(31-2)17-34-18(20-32-12-8(27)4(23)6(25)10(29)15(12)39-20)36-19(35-17)21-33-13-9(28)5(24)7(26)11(30)16(13)40-21;18-17-30-13(15-27-9-5(23)1(19)3(21)7(25)11(9)32-15)29-14(31-17)16-28-10-6(24)2(20)4(22)8(26)12(10)33-16;1-3-8-5(7)4-6-2/h14H,3H2,1H3;;3-4H2,1H3. The minimum atomic E-state index is -2.23. The molecule has 6 heterocycles. The van der Waals surface area contributed by atoms with Crippen LogP contribution >= 0.6 is 11.6 Å². The van der Waals surface area contributed by atoms with Gasteiger partial charge in [-0.15, -0.1) is 0 Å². The number of oxazole rings is 4. The number of hydrogen-bond donors (Lipinski definition) is 0. The second-order valence-electron chi connectivity index (χ2n) is 14.8. The highest BCUT2D eigenvalue weighted by atomic mass is 35.5. The summed E-state index contributed by atoms with van der Waals surface area (Å²) in [6.45, 7) is 16.7. The molecule has 0 aliphatic carbocycles. The van der Waals surface area contributed by atoms with E-state index in [0.717, 1.165) is 0 Å². The largest absolute Gasteiger partial charge is 0.460 e. The number of carbonyl (C=O) groups excluding carboxylic acids is 2. The van der Waals surface area contributed by atoms with Crippen LogP contribution in [0.25, 0.3) is 101 Å². The van der Waals surface area contributed by atoms with E-state index in [2.05, 4.69) is 64.3 Å². The smallest absolute Gasteiger partial charge is 0.398 e. The average molecular weight is 1180 g/mol. The van der Waals surface area contributed by atoms with E-state index in [-0.39, 0.29) is 13.2 Å². The first kappa shape index (κ1) is 57.1. The van der Waals surface area contributed by atoms with E-state index in [1.54, 1.807) is 6.92 Å². The van der Waals surface area contributed by atoms with Crippen LogP contribution in [-0.4, -0.2) is 81.5 Å². The Labute approximate surface area is 437 Å². The molecule has 6 aromatic heterocycles. The number of fused-ring (bicyclic) bond motifs is 4. The number of halogens is 17. The molecule has 0 amide bonds. The Morgan fingerprint density at radius 3 is 0.988 bits per heavy atom. The monoisotopic (exact) mass is 1180 g/mol. The van der Waals surface area contributed by atoms with E-state index < -0.39 is 213 Å². The van der Waals surface area contributed by atoms with Crippen molar-refractivity contribution in [3.8, 4) is 46.9 Å². The highest BCUT2D eigenvalue weighted by Crippen LogP contribution is 2.36. The second-order valence-corrected chi connectivity index (χ2v) is 15.1. The van der Waals surface area contributed by atoms with Gasteiger partial charge in [-0.1, -0.05) is 0 Å². The molecule has 4 aromatic carbocycles. The molecule has 10 rings (SSSR count). The van der Waals surface area contributed by atoms with Crippen molar-refractivity contribution in [3.63, 3.8) is 0 Å². The zero-order valence-corrected chi connectivity index (χ0v) is 39.5. The van der Waals surface area contributed by atoms with Gasteiger partial charge in [-0.3, -0.25) is 4.85 Å². The van der Waals surface area contributed by atoms with Crippen molar-refractivity contribution in [1.29, 1.82) is 0 Å². The third kappa shape index (κ3) is 10.3. The summed E-state index contributed by atoms with van der Waals surface area (Å²) in [5, 5.41) is -0.656. The maximum absolute atomic E-state index is 14.2. The molecule has 416 valence electrons. The molecule has 20 nitrogen and oxygen atoms in total. The summed E-state index contributed by atoms with van der Waals surface area (Å²) in [5.74, 6) is -41.8. The third-order valence-corrected chi connectivity index (χ3v) is 10.0. The molecule has 0 aliphatic heterocycles. The van der Waals surface area contributed by atoms with Crippen molar-refractivity contribution in [1.82, 2.24) is 49.8 Å². The zero-order chi connectivity index (χ0) is 59.2. The molecule has 0 spiro atoms. The van der Waals surface area contributed by atoms with E-state index in [4.69, 9.17) is 47.2 Å². The Kier molecular flexibility index (Phi) is 15.7. The lowest BCUT2D eigenvalue weighted by Crippen LogP contribution is -2.17. The lowest BCUT2D eigenvalue weighted by atomic mass is 10.3.